The standard InChI is InChI=1S/C12H24N2O3/c1-4-6-8-14(9-7-5-2)12(17)13-10(3)11(15)16/h10H,4-9H2,1-3H3,(H,13,17)(H,15,16). The number of carboxylic acid groups (broad SMARTS) is 1. The lowest BCUT2D eigenvalue weighted by Crippen LogP contribution is -2.47. The number of carboxylic acids is 1. The monoisotopic (exact) mass is 244 g/mol. The van der Waals surface area contributed by atoms with Gasteiger partial charge in [-0.05, 0) is 19.8 Å². The SMILES string of the molecule is CCCCN(CCCC)C(=O)NC(C)C(=O)O. The summed E-state index contributed by atoms with van der Waals surface area (Å²) < 4.78 is 0. The van der Waals surface area contributed by atoms with E-state index >= 15 is 0 Å². The van der Waals surface area contributed by atoms with Gasteiger partial charge in [0.05, 0.1) is 0 Å². The number of hydrogen-bond donors (Lipinski definition) is 2. The van der Waals surface area contributed by atoms with Gasteiger partial charge >= 0.3 is 12.0 Å². The first-order chi connectivity index (χ1) is 8.02. The molecule has 2 amide bonds. The summed E-state index contributed by atoms with van der Waals surface area (Å²) in [6.45, 7) is 6.98. The molecule has 17 heavy (non-hydrogen) atoms. The molecule has 0 fully saturated rings. The molecule has 0 aromatic rings. The van der Waals surface area contributed by atoms with Crippen molar-refractivity contribution in [3.8, 4) is 0 Å². The Morgan fingerprint density at radius 2 is 1.65 bits per heavy atom. The molecule has 0 aliphatic rings. The van der Waals surface area contributed by atoms with Gasteiger partial charge in [0.1, 0.15) is 6.04 Å². The molecule has 0 aromatic heterocycles. The molecule has 0 aliphatic carbocycles. The van der Waals surface area contributed by atoms with E-state index in [0.29, 0.717) is 13.1 Å². The number of hydrogen-bond acceptors (Lipinski definition) is 2. The van der Waals surface area contributed by atoms with Crippen LogP contribution in [0.2, 0.25) is 0 Å². The van der Waals surface area contributed by atoms with Crippen molar-refractivity contribution in [2.75, 3.05) is 13.1 Å². The van der Waals surface area contributed by atoms with Crippen molar-refractivity contribution in [1.82, 2.24) is 10.2 Å². The quantitative estimate of drug-likeness (QED) is 0.686. The Hall–Kier alpha value is -1.26. The molecule has 0 rings (SSSR count). The number of carbonyl (C=O) groups excluding carboxylic acids is 1. The second kappa shape index (κ2) is 8.84. The van der Waals surface area contributed by atoms with Crippen molar-refractivity contribution in [2.24, 2.45) is 0 Å². The maximum absolute atomic E-state index is 11.8. The van der Waals surface area contributed by atoms with Gasteiger partial charge in [-0.25, -0.2) is 4.79 Å². The van der Waals surface area contributed by atoms with Gasteiger partial charge in [0.25, 0.3) is 0 Å². The van der Waals surface area contributed by atoms with Gasteiger partial charge in [0.15, 0.2) is 0 Å². The van der Waals surface area contributed by atoms with E-state index in [0.717, 1.165) is 25.7 Å². The average molecular weight is 244 g/mol. The maximum Gasteiger partial charge on any atom is 0.325 e. The van der Waals surface area contributed by atoms with Crippen LogP contribution in [0, 0.1) is 0 Å². The fourth-order valence-corrected chi connectivity index (χ4v) is 1.35. The molecule has 0 bridgehead atoms. The summed E-state index contributed by atoms with van der Waals surface area (Å²) in [7, 11) is 0. The van der Waals surface area contributed by atoms with E-state index in [-0.39, 0.29) is 6.03 Å². The molecule has 5 heteroatoms. The zero-order chi connectivity index (χ0) is 13.3. The lowest BCUT2D eigenvalue weighted by Gasteiger charge is -2.24. The number of rotatable bonds is 8. The number of nitrogens with one attached hydrogen (secondary N) is 1. The molecular formula is C12H24N2O3. The molecule has 0 heterocycles. The van der Waals surface area contributed by atoms with Crippen molar-refractivity contribution in [3.63, 3.8) is 0 Å². The number of urea groups is 1. The van der Waals surface area contributed by atoms with Crippen LogP contribution in [0.5, 0.6) is 0 Å². The summed E-state index contributed by atoms with van der Waals surface area (Å²) in [6.07, 6.45) is 3.92. The lowest BCUT2D eigenvalue weighted by molar-refractivity contribution is -0.138. The van der Waals surface area contributed by atoms with Crippen LogP contribution in [0.4, 0.5) is 4.79 Å². The predicted octanol–water partition coefficient (Wildman–Crippen LogP) is 2.07. The molecule has 0 aliphatic heterocycles. The zero-order valence-corrected chi connectivity index (χ0v) is 11.0. The third-order valence-electron chi connectivity index (χ3n) is 2.56. The molecule has 100 valence electrons. The minimum atomic E-state index is -1.01. The second-order valence-electron chi connectivity index (χ2n) is 4.20. The zero-order valence-electron chi connectivity index (χ0n) is 11.0. The van der Waals surface area contributed by atoms with Gasteiger partial charge in [-0.1, -0.05) is 26.7 Å². The lowest BCUT2D eigenvalue weighted by atomic mass is 10.2. The van der Waals surface area contributed by atoms with E-state index in [4.69, 9.17) is 5.11 Å². The van der Waals surface area contributed by atoms with Crippen LogP contribution < -0.4 is 5.32 Å². The first-order valence-corrected chi connectivity index (χ1v) is 6.31. The van der Waals surface area contributed by atoms with Crippen LogP contribution in [0.3, 0.4) is 0 Å². The Balaban J connectivity index is 4.24. The van der Waals surface area contributed by atoms with Crippen LogP contribution in [0.25, 0.3) is 0 Å². The number of unbranched alkanes of at least 4 members (excludes halogenated alkanes) is 2. The van der Waals surface area contributed by atoms with Gasteiger partial charge < -0.3 is 15.3 Å². The van der Waals surface area contributed by atoms with Crippen LogP contribution >= 0.6 is 0 Å². The highest BCUT2D eigenvalue weighted by molar-refractivity contribution is 5.82. The Kier molecular flexibility index (Phi) is 8.19. The molecule has 5 nitrogen and oxygen atoms in total. The number of carbonyl (C=O) groups is 2. The van der Waals surface area contributed by atoms with Gasteiger partial charge in [-0.2, -0.15) is 0 Å². The van der Waals surface area contributed by atoms with E-state index in [1.54, 1.807) is 4.90 Å². The van der Waals surface area contributed by atoms with Crippen LogP contribution in [0.1, 0.15) is 46.5 Å². The topological polar surface area (TPSA) is 69.6 Å². The largest absolute Gasteiger partial charge is 0.480 e. The van der Waals surface area contributed by atoms with E-state index < -0.39 is 12.0 Å². The maximum atomic E-state index is 11.8. The third-order valence-corrected chi connectivity index (χ3v) is 2.56. The molecular weight excluding hydrogens is 220 g/mol. The van der Waals surface area contributed by atoms with E-state index in [9.17, 15) is 9.59 Å². The summed E-state index contributed by atoms with van der Waals surface area (Å²) in [4.78, 5) is 24.2. The highest BCUT2D eigenvalue weighted by Gasteiger charge is 2.18. The number of amides is 2. The van der Waals surface area contributed by atoms with Crippen molar-refractivity contribution >= 4 is 12.0 Å². The van der Waals surface area contributed by atoms with Gasteiger partial charge in [0.2, 0.25) is 0 Å². The van der Waals surface area contributed by atoms with Gasteiger partial charge in [-0.3, -0.25) is 4.79 Å². The molecule has 1 atom stereocenters. The van der Waals surface area contributed by atoms with Gasteiger partial charge in [0, 0.05) is 13.1 Å². The molecule has 0 spiro atoms. The Bertz CT molecular complexity index is 236. The normalized spacial score (nSPS) is 11.9. The molecule has 0 saturated carbocycles. The van der Waals surface area contributed by atoms with Crippen LogP contribution in [-0.4, -0.2) is 41.1 Å². The van der Waals surface area contributed by atoms with Crippen molar-refractivity contribution in [2.45, 2.75) is 52.5 Å². The molecule has 0 aromatic carbocycles. The Morgan fingerprint density at radius 3 is 2.00 bits per heavy atom. The van der Waals surface area contributed by atoms with Crippen molar-refractivity contribution < 1.29 is 14.7 Å². The highest BCUT2D eigenvalue weighted by atomic mass is 16.4. The fourth-order valence-electron chi connectivity index (χ4n) is 1.35. The third kappa shape index (κ3) is 6.81. The van der Waals surface area contributed by atoms with E-state index in [1.807, 2.05) is 0 Å². The summed E-state index contributed by atoms with van der Waals surface area (Å²) in [5.74, 6) is -1.01. The smallest absolute Gasteiger partial charge is 0.325 e. The van der Waals surface area contributed by atoms with E-state index in [1.165, 1.54) is 6.92 Å². The van der Waals surface area contributed by atoms with Crippen molar-refractivity contribution in [3.05, 3.63) is 0 Å². The van der Waals surface area contributed by atoms with Crippen LogP contribution in [-0.2, 0) is 4.79 Å². The highest BCUT2D eigenvalue weighted by Crippen LogP contribution is 2.00. The van der Waals surface area contributed by atoms with E-state index in [2.05, 4.69) is 19.2 Å². The van der Waals surface area contributed by atoms with Crippen molar-refractivity contribution in [1.29, 1.82) is 0 Å². The minimum Gasteiger partial charge on any atom is -0.480 e. The minimum absolute atomic E-state index is 0.276. The number of aliphatic carboxylic acids is 1. The summed E-state index contributed by atoms with van der Waals surface area (Å²) in [5.41, 5.74) is 0. The van der Waals surface area contributed by atoms with Gasteiger partial charge in [-0.15, -0.1) is 0 Å². The second-order valence-corrected chi connectivity index (χ2v) is 4.20. The summed E-state index contributed by atoms with van der Waals surface area (Å²) in [6, 6.07) is -1.12. The predicted molar refractivity (Wildman–Crippen MR) is 67.0 cm³/mol. The molecule has 1 unspecified atom stereocenters. The summed E-state index contributed by atoms with van der Waals surface area (Å²) in [5, 5.41) is 11.2. The molecule has 0 radical (unpaired) electrons. The van der Waals surface area contributed by atoms with Crippen LogP contribution in [0.15, 0.2) is 0 Å². The Morgan fingerprint density at radius 1 is 1.18 bits per heavy atom. The molecule has 0 saturated heterocycles. The fraction of sp³-hybridized carbons (Fsp3) is 0.833. The first kappa shape index (κ1) is 15.7. The average Bonchev–Trinajstić information content (AvgIpc) is 2.28. The first-order valence-electron chi connectivity index (χ1n) is 6.31. The number of nitrogens with zero attached hydrogens (tertiary/aromatic N) is 1. The molecule has 2 N–H and O–H groups in total. The summed E-state index contributed by atoms with van der Waals surface area (Å²) >= 11 is 0. The Labute approximate surface area is 103 Å².